The molecular formula is C14H14ClFN2. The fraction of sp³-hybridized carbons (Fsp3) is 0.214. The van der Waals surface area contributed by atoms with Gasteiger partial charge in [-0.1, -0.05) is 30.7 Å². The molecule has 1 aromatic carbocycles. The zero-order valence-electron chi connectivity index (χ0n) is 9.98. The highest BCUT2D eigenvalue weighted by Crippen LogP contribution is 2.31. The Labute approximate surface area is 111 Å². The van der Waals surface area contributed by atoms with Crippen molar-refractivity contribution in [1.29, 1.82) is 0 Å². The van der Waals surface area contributed by atoms with Crippen LogP contribution in [0.4, 0.5) is 4.39 Å². The van der Waals surface area contributed by atoms with Gasteiger partial charge in [-0.25, -0.2) is 4.39 Å². The summed E-state index contributed by atoms with van der Waals surface area (Å²) in [7, 11) is 0. The van der Waals surface area contributed by atoms with Gasteiger partial charge in [0.2, 0.25) is 0 Å². The number of rotatable bonds is 3. The molecule has 0 saturated heterocycles. The largest absolute Gasteiger partial charge is 0.323 e. The van der Waals surface area contributed by atoms with Crippen LogP contribution >= 0.6 is 11.6 Å². The molecule has 0 amide bonds. The van der Waals surface area contributed by atoms with Crippen molar-refractivity contribution in [2.24, 2.45) is 5.73 Å². The average Bonchev–Trinajstić information content (AvgIpc) is 2.41. The minimum absolute atomic E-state index is 0.0130. The molecule has 2 rings (SSSR count). The van der Waals surface area contributed by atoms with Gasteiger partial charge in [-0.3, -0.25) is 4.98 Å². The molecule has 94 valence electrons. The number of halogens is 2. The van der Waals surface area contributed by atoms with E-state index in [-0.39, 0.29) is 10.9 Å². The Morgan fingerprint density at radius 1 is 1.22 bits per heavy atom. The molecule has 2 unspecified atom stereocenters. The maximum Gasteiger partial charge on any atom is 0.146 e. The molecule has 1 aromatic heterocycles. The zero-order chi connectivity index (χ0) is 13.1. The molecule has 2 nitrogen and oxygen atoms in total. The maximum atomic E-state index is 13.9. The second-order valence-electron chi connectivity index (χ2n) is 4.24. The molecule has 4 heteroatoms. The lowest BCUT2D eigenvalue weighted by atomic mass is 9.89. The standard InChI is InChI=1S/C14H14ClFN2/c1-9(10-5-7-18-8-6-10)14(17)11-3-2-4-12(15)13(11)16/h2-9,14H,17H2,1H3. The lowest BCUT2D eigenvalue weighted by molar-refractivity contribution is 0.539. The van der Waals surface area contributed by atoms with Crippen molar-refractivity contribution < 1.29 is 4.39 Å². The third kappa shape index (κ3) is 2.52. The number of hydrogen-bond donors (Lipinski definition) is 1. The van der Waals surface area contributed by atoms with Crippen molar-refractivity contribution >= 4 is 11.6 Å². The summed E-state index contributed by atoms with van der Waals surface area (Å²) in [5, 5.41) is 0.102. The summed E-state index contributed by atoms with van der Waals surface area (Å²) in [5.74, 6) is -0.450. The molecule has 18 heavy (non-hydrogen) atoms. The first-order valence-electron chi connectivity index (χ1n) is 5.70. The molecule has 0 saturated carbocycles. The Hall–Kier alpha value is -1.45. The normalized spacial score (nSPS) is 14.2. The smallest absolute Gasteiger partial charge is 0.146 e. The van der Waals surface area contributed by atoms with E-state index < -0.39 is 11.9 Å². The van der Waals surface area contributed by atoms with Crippen LogP contribution in [0, 0.1) is 5.82 Å². The summed E-state index contributed by atoms with van der Waals surface area (Å²) in [4.78, 5) is 3.96. The SMILES string of the molecule is CC(c1ccncc1)C(N)c1cccc(Cl)c1F. The van der Waals surface area contributed by atoms with Crippen LogP contribution in [-0.2, 0) is 0 Å². The molecular weight excluding hydrogens is 251 g/mol. The van der Waals surface area contributed by atoms with E-state index in [0.29, 0.717) is 5.56 Å². The van der Waals surface area contributed by atoms with E-state index >= 15 is 0 Å². The van der Waals surface area contributed by atoms with Crippen molar-refractivity contribution in [2.45, 2.75) is 18.9 Å². The van der Waals surface area contributed by atoms with E-state index in [1.807, 2.05) is 19.1 Å². The zero-order valence-corrected chi connectivity index (χ0v) is 10.7. The van der Waals surface area contributed by atoms with Gasteiger partial charge in [0.25, 0.3) is 0 Å². The molecule has 0 aliphatic rings. The molecule has 0 spiro atoms. The summed E-state index contributed by atoms with van der Waals surface area (Å²) in [6.45, 7) is 1.96. The van der Waals surface area contributed by atoms with Crippen LogP contribution in [-0.4, -0.2) is 4.98 Å². The Bertz CT molecular complexity index is 531. The lowest BCUT2D eigenvalue weighted by Crippen LogP contribution is -2.19. The minimum Gasteiger partial charge on any atom is -0.323 e. The van der Waals surface area contributed by atoms with Crippen LogP contribution in [0.25, 0.3) is 0 Å². The van der Waals surface area contributed by atoms with Crippen LogP contribution in [0.15, 0.2) is 42.7 Å². The monoisotopic (exact) mass is 264 g/mol. The molecule has 2 N–H and O–H groups in total. The van der Waals surface area contributed by atoms with Gasteiger partial charge in [-0.05, 0) is 23.8 Å². The number of aromatic nitrogens is 1. The van der Waals surface area contributed by atoms with Gasteiger partial charge in [0.15, 0.2) is 0 Å². The van der Waals surface area contributed by atoms with Crippen LogP contribution in [0.2, 0.25) is 5.02 Å². The number of hydrogen-bond acceptors (Lipinski definition) is 2. The average molecular weight is 265 g/mol. The summed E-state index contributed by atoms with van der Waals surface area (Å²) in [6, 6.07) is 8.22. The highest BCUT2D eigenvalue weighted by Gasteiger charge is 2.20. The number of nitrogens with two attached hydrogens (primary N) is 1. The summed E-state index contributed by atoms with van der Waals surface area (Å²) in [6.07, 6.45) is 3.40. The predicted molar refractivity (Wildman–Crippen MR) is 71.0 cm³/mol. The fourth-order valence-electron chi connectivity index (χ4n) is 1.92. The molecule has 1 heterocycles. The van der Waals surface area contributed by atoms with Gasteiger partial charge in [0.1, 0.15) is 5.82 Å². The highest BCUT2D eigenvalue weighted by molar-refractivity contribution is 6.30. The van der Waals surface area contributed by atoms with Gasteiger partial charge >= 0.3 is 0 Å². The van der Waals surface area contributed by atoms with Crippen molar-refractivity contribution in [2.75, 3.05) is 0 Å². The molecule has 0 bridgehead atoms. The topological polar surface area (TPSA) is 38.9 Å². The van der Waals surface area contributed by atoms with Crippen LogP contribution in [0.1, 0.15) is 30.0 Å². The second kappa shape index (κ2) is 5.46. The van der Waals surface area contributed by atoms with Gasteiger partial charge in [-0.15, -0.1) is 0 Å². The minimum atomic E-state index is -0.439. The Morgan fingerprint density at radius 2 is 1.89 bits per heavy atom. The Kier molecular flexibility index (Phi) is 3.94. The summed E-state index contributed by atoms with van der Waals surface area (Å²) in [5.41, 5.74) is 7.58. The van der Waals surface area contributed by atoms with Crippen LogP contribution < -0.4 is 5.73 Å². The first-order valence-corrected chi connectivity index (χ1v) is 6.08. The number of nitrogens with zero attached hydrogens (tertiary/aromatic N) is 1. The van der Waals surface area contributed by atoms with Crippen molar-refractivity contribution in [3.05, 3.63) is 64.7 Å². The third-order valence-corrected chi connectivity index (χ3v) is 3.40. The predicted octanol–water partition coefficient (Wildman–Crippen LogP) is 3.68. The summed E-state index contributed by atoms with van der Waals surface area (Å²) < 4.78 is 13.9. The second-order valence-corrected chi connectivity index (χ2v) is 4.65. The maximum absolute atomic E-state index is 13.9. The van der Waals surface area contributed by atoms with E-state index in [4.69, 9.17) is 17.3 Å². The number of pyridine rings is 1. The Morgan fingerprint density at radius 3 is 2.56 bits per heavy atom. The molecule has 2 atom stereocenters. The van der Waals surface area contributed by atoms with E-state index in [2.05, 4.69) is 4.98 Å². The molecule has 0 aliphatic heterocycles. The Balaban J connectivity index is 2.31. The first-order chi connectivity index (χ1) is 8.61. The lowest BCUT2D eigenvalue weighted by Gasteiger charge is -2.21. The molecule has 2 aromatic rings. The van der Waals surface area contributed by atoms with E-state index in [1.54, 1.807) is 24.5 Å². The third-order valence-electron chi connectivity index (χ3n) is 3.11. The van der Waals surface area contributed by atoms with Crippen molar-refractivity contribution in [3.8, 4) is 0 Å². The van der Waals surface area contributed by atoms with Crippen molar-refractivity contribution in [1.82, 2.24) is 4.98 Å². The highest BCUT2D eigenvalue weighted by atomic mass is 35.5. The molecule has 0 radical (unpaired) electrons. The van der Waals surface area contributed by atoms with Crippen molar-refractivity contribution in [3.63, 3.8) is 0 Å². The van der Waals surface area contributed by atoms with Gasteiger partial charge < -0.3 is 5.73 Å². The van der Waals surface area contributed by atoms with Gasteiger partial charge in [0.05, 0.1) is 5.02 Å². The molecule has 0 aliphatic carbocycles. The van der Waals surface area contributed by atoms with Gasteiger partial charge in [0, 0.05) is 29.9 Å². The van der Waals surface area contributed by atoms with Gasteiger partial charge in [-0.2, -0.15) is 0 Å². The van der Waals surface area contributed by atoms with E-state index in [9.17, 15) is 4.39 Å². The first kappa shape index (κ1) is 13.0. The number of benzene rings is 1. The summed E-state index contributed by atoms with van der Waals surface area (Å²) >= 11 is 5.77. The van der Waals surface area contributed by atoms with E-state index in [1.165, 1.54) is 6.07 Å². The fourth-order valence-corrected chi connectivity index (χ4v) is 2.10. The van der Waals surface area contributed by atoms with Crippen LogP contribution in [0.5, 0.6) is 0 Å². The van der Waals surface area contributed by atoms with E-state index in [0.717, 1.165) is 5.56 Å². The van der Waals surface area contributed by atoms with Crippen LogP contribution in [0.3, 0.4) is 0 Å². The quantitative estimate of drug-likeness (QED) is 0.919. The molecule has 0 fully saturated rings.